The summed E-state index contributed by atoms with van der Waals surface area (Å²) in [6.45, 7) is 12.1. The van der Waals surface area contributed by atoms with Crippen molar-refractivity contribution >= 4 is 5.78 Å². The lowest BCUT2D eigenvalue weighted by Gasteiger charge is -2.18. The Kier molecular flexibility index (Phi) is 6.93. The first kappa shape index (κ1) is 17.2. The maximum atomic E-state index is 12.4. The van der Waals surface area contributed by atoms with Gasteiger partial charge in [-0.05, 0) is 37.3 Å². The van der Waals surface area contributed by atoms with Crippen molar-refractivity contribution in [2.45, 2.75) is 40.5 Å². The van der Waals surface area contributed by atoms with E-state index in [1.54, 1.807) is 6.92 Å². The van der Waals surface area contributed by atoms with Crippen LogP contribution in [0.4, 0.5) is 0 Å². The molecule has 2 nitrogen and oxygen atoms in total. The molecule has 0 fully saturated rings. The molecule has 0 saturated heterocycles. The van der Waals surface area contributed by atoms with Crippen molar-refractivity contribution in [2.24, 2.45) is 5.92 Å². The second kappa shape index (κ2) is 8.46. The summed E-state index contributed by atoms with van der Waals surface area (Å²) in [6.07, 6.45) is 1.61. The van der Waals surface area contributed by atoms with E-state index >= 15 is 0 Å². The molecule has 1 rings (SSSR count). The minimum Gasteiger partial charge on any atom is -0.498 e. The summed E-state index contributed by atoms with van der Waals surface area (Å²) >= 11 is 0. The lowest BCUT2D eigenvalue weighted by molar-refractivity contribution is -0.112. The highest BCUT2D eigenvalue weighted by atomic mass is 16.5. The van der Waals surface area contributed by atoms with E-state index in [2.05, 4.69) is 18.7 Å². The normalized spacial score (nSPS) is 12.0. The van der Waals surface area contributed by atoms with Gasteiger partial charge in [0.2, 0.25) is 0 Å². The quantitative estimate of drug-likeness (QED) is 0.511. The summed E-state index contributed by atoms with van der Waals surface area (Å²) in [5, 5.41) is 0. The van der Waals surface area contributed by atoms with Crippen LogP contribution in [0.3, 0.4) is 0 Å². The van der Waals surface area contributed by atoms with E-state index in [1.807, 2.05) is 39.0 Å². The summed E-state index contributed by atoms with van der Waals surface area (Å²) < 4.78 is 5.78. The lowest BCUT2D eigenvalue weighted by Crippen LogP contribution is -2.14. The molecule has 0 unspecified atom stereocenters. The van der Waals surface area contributed by atoms with E-state index in [-0.39, 0.29) is 11.7 Å². The number of rotatable bonds is 8. The van der Waals surface area contributed by atoms with Crippen molar-refractivity contribution in [3.05, 3.63) is 59.4 Å². The maximum Gasteiger partial charge on any atom is 0.187 e. The number of aryl methyl sites for hydroxylation is 1. The molecule has 0 aliphatic carbocycles. The van der Waals surface area contributed by atoms with Gasteiger partial charge in [0.15, 0.2) is 5.78 Å². The van der Waals surface area contributed by atoms with Crippen molar-refractivity contribution < 1.29 is 9.53 Å². The molecule has 0 aliphatic rings. The predicted molar refractivity (Wildman–Crippen MR) is 88.1 cm³/mol. The lowest BCUT2D eigenvalue weighted by atomic mass is 9.92. The Hall–Kier alpha value is -1.83. The summed E-state index contributed by atoms with van der Waals surface area (Å²) in [6, 6.07) is 10.3. The minimum atomic E-state index is 0.0153. The van der Waals surface area contributed by atoms with Gasteiger partial charge in [-0.3, -0.25) is 4.79 Å². The predicted octanol–water partition coefficient (Wildman–Crippen LogP) is 4.71. The Morgan fingerprint density at radius 2 is 1.86 bits per heavy atom. The number of allylic oxidation sites excluding steroid dienone is 3. The third kappa shape index (κ3) is 5.22. The van der Waals surface area contributed by atoms with Gasteiger partial charge in [-0.2, -0.15) is 0 Å². The third-order valence-corrected chi connectivity index (χ3v) is 3.31. The van der Waals surface area contributed by atoms with E-state index in [0.29, 0.717) is 12.2 Å². The summed E-state index contributed by atoms with van der Waals surface area (Å²) in [7, 11) is 0. The molecule has 0 amide bonds. The van der Waals surface area contributed by atoms with E-state index in [0.717, 1.165) is 24.2 Å². The fourth-order valence-electron chi connectivity index (χ4n) is 2.30. The molecule has 0 radical (unpaired) electrons. The molecule has 0 saturated carbocycles. The molecule has 1 aromatic rings. The van der Waals surface area contributed by atoms with Gasteiger partial charge >= 0.3 is 0 Å². The molecule has 2 heteroatoms. The van der Waals surface area contributed by atoms with Gasteiger partial charge in [0, 0.05) is 12.0 Å². The Labute approximate surface area is 128 Å². The standard InChI is InChI=1S/C19H26O2/c1-6-21-17(13-12-16-10-8-7-9-11-16)18(14(2)3)19(20)15(4)5/h7-11,14H,4,6,12-13H2,1-3,5H3/b18-17+. The van der Waals surface area contributed by atoms with E-state index in [1.165, 1.54) is 5.56 Å². The molecule has 0 aliphatic heterocycles. The molecule has 0 aromatic heterocycles. The first-order valence-corrected chi connectivity index (χ1v) is 7.57. The number of ketones is 1. The van der Waals surface area contributed by atoms with Crippen LogP contribution in [-0.4, -0.2) is 12.4 Å². The van der Waals surface area contributed by atoms with Gasteiger partial charge in [-0.1, -0.05) is 50.8 Å². The third-order valence-electron chi connectivity index (χ3n) is 3.31. The zero-order chi connectivity index (χ0) is 15.8. The number of carbonyl (C=O) groups excluding carboxylic acids is 1. The fraction of sp³-hybridized carbons (Fsp3) is 0.421. The molecular formula is C19H26O2. The zero-order valence-electron chi connectivity index (χ0n) is 13.6. The largest absolute Gasteiger partial charge is 0.498 e. The van der Waals surface area contributed by atoms with Crippen LogP contribution < -0.4 is 0 Å². The Bertz CT molecular complexity index is 510. The fourth-order valence-corrected chi connectivity index (χ4v) is 2.30. The van der Waals surface area contributed by atoms with E-state index in [4.69, 9.17) is 4.74 Å². The summed E-state index contributed by atoms with van der Waals surface area (Å²) in [4.78, 5) is 12.4. The van der Waals surface area contributed by atoms with E-state index < -0.39 is 0 Å². The number of ether oxygens (including phenoxy) is 1. The number of Topliss-reactive ketones (excluding diaryl/α,β-unsaturated/α-hetero) is 1. The Morgan fingerprint density at radius 3 is 2.33 bits per heavy atom. The highest BCUT2D eigenvalue weighted by Crippen LogP contribution is 2.23. The molecule has 0 atom stereocenters. The van der Waals surface area contributed by atoms with Gasteiger partial charge in [-0.15, -0.1) is 0 Å². The molecular weight excluding hydrogens is 260 g/mol. The van der Waals surface area contributed by atoms with Crippen molar-refractivity contribution in [3.63, 3.8) is 0 Å². The van der Waals surface area contributed by atoms with Crippen LogP contribution in [-0.2, 0) is 16.0 Å². The molecule has 0 spiro atoms. The smallest absolute Gasteiger partial charge is 0.187 e. The first-order valence-electron chi connectivity index (χ1n) is 7.57. The maximum absolute atomic E-state index is 12.4. The van der Waals surface area contributed by atoms with Crippen molar-refractivity contribution in [2.75, 3.05) is 6.61 Å². The average Bonchev–Trinajstić information content (AvgIpc) is 2.45. The minimum absolute atomic E-state index is 0.0153. The molecule has 0 bridgehead atoms. The van der Waals surface area contributed by atoms with Crippen molar-refractivity contribution in [1.29, 1.82) is 0 Å². The van der Waals surface area contributed by atoms with Crippen LogP contribution in [0.2, 0.25) is 0 Å². The average molecular weight is 286 g/mol. The highest BCUT2D eigenvalue weighted by molar-refractivity contribution is 6.07. The number of hydrogen-bond donors (Lipinski definition) is 0. The first-order chi connectivity index (χ1) is 9.97. The van der Waals surface area contributed by atoms with Crippen molar-refractivity contribution in [3.8, 4) is 0 Å². The monoisotopic (exact) mass is 286 g/mol. The number of carbonyl (C=O) groups is 1. The Balaban J connectivity index is 3.02. The summed E-state index contributed by atoms with van der Waals surface area (Å²) in [5.74, 6) is 0.956. The molecule has 0 N–H and O–H groups in total. The second-order valence-electron chi connectivity index (χ2n) is 5.52. The zero-order valence-corrected chi connectivity index (χ0v) is 13.6. The van der Waals surface area contributed by atoms with Crippen LogP contribution in [0.5, 0.6) is 0 Å². The van der Waals surface area contributed by atoms with Crippen molar-refractivity contribution in [1.82, 2.24) is 0 Å². The van der Waals surface area contributed by atoms with Gasteiger partial charge in [0.05, 0.1) is 6.61 Å². The van der Waals surface area contributed by atoms with Crippen LogP contribution in [0.1, 0.15) is 39.7 Å². The van der Waals surface area contributed by atoms with E-state index in [9.17, 15) is 4.79 Å². The SMILES string of the molecule is C=C(C)C(=O)/C(=C(\CCc1ccccc1)OCC)C(C)C. The molecule has 0 heterocycles. The highest BCUT2D eigenvalue weighted by Gasteiger charge is 2.20. The Morgan fingerprint density at radius 1 is 1.24 bits per heavy atom. The van der Waals surface area contributed by atoms with Crippen LogP contribution in [0.15, 0.2) is 53.8 Å². The topological polar surface area (TPSA) is 26.3 Å². The van der Waals surface area contributed by atoms with Crippen LogP contribution in [0, 0.1) is 5.92 Å². The van der Waals surface area contributed by atoms with Crippen LogP contribution >= 0.6 is 0 Å². The second-order valence-corrected chi connectivity index (χ2v) is 5.52. The number of hydrogen-bond acceptors (Lipinski definition) is 2. The van der Waals surface area contributed by atoms with Gasteiger partial charge in [-0.25, -0.2) is 0 Å². The molecule has 21 heavy (non-hydrogen) atoms. The number of benzene rings is 1. The van der Waals surface area contributed by atoms with Gasteiger partial charge in [0.1, 0.15) is 5.76 Å². The molecule has 114 valence electrons. The summed E-state index contributed by atoms with van der Waals surface area (Å²) in [5.41, 5.74) is 2.58. The van der Waals surface area contributed by atoms with Crippen LogP contribution in [0.25, 0.3) is 0 Å². The van der Waals surface area contributed by atoms with Gasteiger partial charge < -0.3 is 4.74 Å². The molecule has 1 aromatic carbocycles. The van der Waals surface area contributed by atoms with Gasteiger partial charge in [0.25, 0.3) is 0 Å².